The van der Waals surface area contributed by atoms with Gasteiger partial charge < -0.3 is 8.98 Å². The highest BCUT2D eigenvalue weighted by molar-refractivity contribution is 6.20. The molecule has 12 rings (SSSR count). The maximum Gasteiger partial charge on any atom is 0.228 e. The average molecular weight is 741 g/mol. The van der Waals surface area contributed by atoms with Gasteiger partial charge in [-0.25, -0.2) is 15.0 Å². The monoisotopic (exact) mass is 740 g/mol. The van der Waals surface area contributed by atoms with E-state index in [-0.39, 0.29) is 0 Å². The van der Waals surface area contributed by atoms with Gasteiger partial charge in [0.2, 0.25) is 5.71 Å². The molecule has 0 amide bonds. The number of pyridine rings is 1. The van der Waals surface area contributed by atoms with Crippen LogP contribution in [-0.2, 0) is 0 Å². The lowest BCUT2D eigenvalue weighted by molar-refractivity contribution is 0.655. The van der Waals surface area contributed by atoms with E-state index in [1.54, 1.807) is 0 Å². The van der Waals surface area contributed by atoms with Crippen molar-refractivity contribution in [3.8, 4) is 50.8 Å². The Morgan fingerprint density at radius 1 is 0.397 bits per heavy atom. The Morgan fingerprint density at radius 3 is 1.76 bits per heavy atom. The first-order valence-electron chi connectivity index (χ1n) is 19.5. The third-order valence-electron chi connectivity index (χ3n) is 11.4. The Balaban J connectivity index is 1.03. The Bertz CT molecular complexity index is 3520. The number of fused-ring (bicyclic) bond motifs is 9. The lowest BCUT2D eigenvalue weighted by atomic mass is 9.98. The molecule has 0 unspecified atom stereocenters. The molecule has 0 spiro atoms. The van der Waals surface area contributed by atoms with Crippen LogP contribution in [0.5, 0.6) is 0 Å². The summed E-state index contributed by atoms with van der Waals surface area (Å²) in [4.78, 5) is 15.7. The molecular weight excluding hydrogens is 709 g/mol. The van der Waals surface area contributed by atoms with E-state index in [1.807, 2.05) is 18.2 Å². The molecule has 0 aliphatic rings. The maximum absolute atomic E-state index is 6.34. The SMILES string of the molecule is c1cc(-c2cc(-c3ccc(-n4c5ccccc5c5ccccc54)cc3)nc(-c3cccc4ccccc34)n2)cc(-c2nc3oc4ccccc4c3c3ccccc23)c1. The third-order valence-corrected chi connectivity index (χ3v) is 11.4. The average Bonchev–Trinajstić information content (AvgIpc) is 3.84. The van der Waals surface area contributed by atoms with Crippen molar-refractivity contribution in [3.63, 3.8) is 0 Å². The van der Waals surface area contributed by atoms with Crippen LogP contribution in [-0.4, -0.2) is 19.5 Å². The molecule has 58 heavy (non-hydrogen) atoms. The van der Waals surface area contributed by atoms with Crippen LogP contribution in [0.1, 0.15) is 0 Å². The van der Waals surface area contributed by atoms with Crippen molar-refractivity contribution in [1.29, 1.82) is 0 Å². The zero-order chi connectivity index (χ0) is 38.2. The van der Waals surface area contributed by atoms with E-state index >= 15 is 0 Å². The summed E-state index contributed by atoms with van der Waals surface area (Å²) in [5.41, 5.74) is 11.4. The summed E-state index contributed by atoms with van der Waals surface area (Å²) in [7, 11) is 0. The van der Waals surface area contributed by atoms with Crippen LogP contribution in [0.4, 0.5) is 0 Å². The van der Waals surface area contributed by atoms with Gasteiger partial charge in [0.1, 0.15) is 5.58 Å². The van der Waals surface area contributed by atoms with E-state index in [9.17, 15) is 0 Å². The fraction of sp³-hybridized carbons (Fsp3) is 0. The molecule has 0 N–H and O–H groups in total. The van der Waals surface area contributed by atoms with Gasteiger partial charge in [-0.1, -0.05) is 152 Å². The summed E-state index contributed by atoms with van der Waals surface area (Å²) in [5, 5.41) is 9.03. The quantitative estimate of drug-likeness (QED) is 0.176. The molecule has 0 aliphatic carbocycles. The second-order valence-corrected chi connectivity index (χ2v) is 14.8. The van der Waals surface area contributed by atoms with Gasteiger partial charge in [0.25, 0.3) is 0 Å². The number of furan rings is 1. The molecule has 8 aromatic carbocycles. The van der Waals surface area contributed by atoms with Crippen LogP contribution < -0.4 is 0 Å². The standard InChI is InChI=1S/C53H32N4O/c1-2-17-38-33(13-1)14-12-23-43(38)52-54-45(34-27-29-37(30-28-34)57-47-24-8-5-18-39(47)40-19-6-9-25-48(40)57)32-46(55-52)35-15-11-16-36(31-35)51-42-21-4-3-20-41(42)50-44-22-7-10-26-49(44)58-53(50)56-51/h1-32H. The van der Waals surface area contributed by atoms with Crippen LogP contribution in [0.2, 0.25) is 0 Å². The largest absolute Gasteiger partial charge is 0.438 e. The van der Waals surface area contributed by atoms with Crippen LogP contribution in [0.25, 0.3) is 116 Å². The first kappa shape index (κ1) is 32.4. The fourth-order valence-electron chi connectivity index (χ4n) is 8.75. The van der Waals surface area contributed by atoms with Gasteiger partial charge in [0, 0.05) is 49.5 Å². The topological polar surface area (TPSA) is 56.7 Å². The minimum Gasteiger partial charge on any atom is -0.438 e. The van der Waals surface area contributed by atoms with Crippen molar-refractivity contribution < 1.29 is 4.42 Å². The highest BCUT2D eigenvalue weighted by Crippen LogP contribution is 2.40. The van der Waals surface area contributed by atoms with Crippen molar-refractivity contribution in [3.05, 3.63) is 194 Å². The molecule has 4 aromatic heterocycles. The van der Waals surface area contributed by atoms with Crippen molar-refractivity contribution in [2.24, 2.45) is 0 Å². The summed E-state index contributed by atoms with van der Waals surface area (Å²) in [6.45, 7) is 0. The highest BCUT2D eigenvalue weighted by Gasteiger charge is 2.19. The summed E-state index contributed by atoms with van der Waals surface area (Å²) < 4.78 is 8.68. The van der Waals surface area contributed by atoms with E-state index < -0.39 is 0 Å². The van der Waals surface area contributed by atoms with Crippen molar-refractivity contribution in [2.45, 2.75) is 0 Å². The molecule has 0 saturated carbocycles. The number of hydrogen-bond donors (Lipinski definition) is 0. The van der Waals surface area contributed by atoms with Gasteiger partial charge >= 0.3 is 0 Å². The number of nitrogens with zero attached hydrogens (tertiary/aromatic N) is 4. The van der Waals surface area contributed by atoms with Gasteiger partial charge in [-0.3, -0.25) is 0 Å². The minimum atomic E-state index is 0.632. The van der Waals surface area contributed by atoms with Crippen LogP contribution >= 0.6 is 0 Å². The molecule has 5 heteroatoms. The molecular formula is C53H32N4O. The van der Waals surface area contributed by atoms with Gasteiger partial charge in [0.15, 0.2) is 5.82 Å². The Morgan fingerprint density at radius 2 is 0.983 bits per heavy atom. The van der Waals surface area contributed by atoms with Crippen molar-refractivity contribution in [2.75, 3.05) is 0 Å². The fourth-order valence-corrected chi connectivity index (χ4v) is 8.75. The maximum atomic E-state index is 6.34. The predicted octanol–water partition coefficient (Wildman–Crippen LogP) is 13.8. The number of para-hydroxylation sites is 3. The molecule has 5 nitrogen and oxygen atoms in total. The van der Waals surface area contributed by atoms with Gasteiger partial charge in [-0.15, -0.1) is 0 Å². The predicted molar refractivity (Wildman–Crippen MR) is 238 cm³/mol. The lowest BCUT2D eigenvalue weighted by Gasteiger charge is -2.13. The summed E-state index contributed by atoms with van der Waals surface area (Å²) in [6, 6.07) is 67.9. The van der Waals surface area contributed by atoms with E-state index in [0.29, 0.717) is 11.5 Å². The first-order valence-corrected chi connectivity index (χ1v) is 19.5. The molecule has 12 aromatic rings. The third kappa shape index (κ3) is 5.07. The van der Waals surface area contributed by atoms with Gasteiger partial charge in [-0.05, 0) is 58.6 Å². The highest BCUT2D eigenvalue weighted by atomic mass is 16.3. The van der Waals surface area contributed by atoms with E-state index in [2.05, 4.69) is 180 Å². The molecule has 0 saturated heterocycles. The smallest absolute Gasteiger partial charge is 0.228 e. The summed E-state index contributed by atoms with van der Waals surface area (Å²) >= 11 is 0. The number of rotatable bonds is 5. The van der Waals surface area contributed by atoms with Crippen molar-refractivity contribution >= 4 is 65.4 Å². The van der Waals surface area contributed by atoms with Crippen LogP contribution in [0, 0.1) is 0 Å². The van der Waals surface area contributed by atoms with E-state index in [0.717, 1.165) is 82.9 Å². The lowest BCUT2D eigenvalue weighted by Crippen LogP contribution is -1.98. The molecule has 0 atom stereocenters. The van der Waals surface area contributed by atoms with Crippen LogP contribution in [0.3, 0.4) is 0 Å². The minimum absolute atomic E-state index is 0.632. The van der Waals surface area contributed by atoms with Crippen LogP contribution in [0.15, 0.2) is 199 Å². The Hall–Kier alpha value is -7.89. The first-order chi connectivity index (χ1) is 28.7. The van der Waals surface area contributed by atoms with Gasteiger partial charge in [0.05, 0.1) is 33.5 Å². The molecule has 0 bridgehead atoms. The molecule has 0 fully saturated rings. The second-order valence-electron chi connectivity index (χ2n) is 14.8. The van der Waals surface area contributed by atoms with Gasteiger partial charge in [-0.2, -0.15) is 0 Å². The molecule has 270 valence electrons. The van der Waals surface area contributed by atoms with Crippen molar-refractivity contribution in [1.82, 2.24) is 19.5 Å². The molecule has 4 heterocycles. The summed E-state index contributed by atoms with van der Waals surface area (Å²) in [5.74, 6) is 0.674. The zero-order valence-corrected chi connectivity index (χ0v) is 31.2. The zero-order valence-electron chi connectivity index (χ0n) is 31.2. The Labute approximate surface area is 333 Å². The van der Waals surface area contributed by atoms with E-state index in [4.69, 9.17) is 19.4 Å². The summed E-state index contributed by atoms with van der Waals surface area (Å²) in [6.07, 6.45) is 0. The molecule has 0 radical (unpaired) electrons. The number of hydrogen-bond acceptors (Lipinski definition) is 4. The number of benzene rings is 8. The second kappa shape index (κ2) is 12.8. The Kier molecular flexibility index (Phi) is 7.16. The number of aromatic nitrogens is 4. The molecule has 0 aliphatic heterocycles. The van der Waals surface area contributed by atoms with E-state index in [1.165, 1.54) is 21.8 Å². The normalized spacial score (nSPS) is 11.8.